The summed E-state index contributed by atoms with van der Waals surface area (Å²) in [6.07, 6.45) is 0. The fourth-order valence-electron chi connectivity index (χ4n) is 3.65. The van der Waals surface area contributed by atoms with Crippen molar-refractivity contribution in [3.05, 3.63) is 78.4 Å². The minimum absolute atomic E-state index is 0.229. The Hall–Kier alpha value is -3.93. The number of fused-ring (bicyclic) bond motifs is 4. The number of hydrogen-bond donors (Lipinski definition) is 0. The molecule has 0 aliphatic heterocycles. The molecule has 0 aliphatic carbocycles. The molecule has 3 aromatic carbocycles. The van der Waals surface area contributed by atoms with Gasteiger partial charge in [-0.05, 0) is 42.5 Å². The van der Waals surface area contributed by atoms with E-state index in [4.69, 9.17) is 19.4 Å². The standard InChI is InChI=1S/C24H19N3O3/c1-29-17-11-12-21-18(15-17)22-23(26-20-10-6-5-9-19(20)25-22)27(21)13-14-30-24(28)16-7-3-2-4-8-16/h2-12,15H,13-14H2,1H3. The summed E-state index contributed by atoms with van der Waals surface area (Å²) in [5, 5.41) is 0.956. The number of hydrogen-bond acceptors (Lipinski definition) is 5. The number of carbonyl (C=O) groups is 1. The zero-order valence-electron chi connectivity index (χ0n) is 16.4. The Morgan fingerprint density at radius 3 is 2.43 bits per heavy atom. The molecule has 2 heterocycles. The van der Waals surface area contributed by atoms with Crippen LogP contribution in [0, 0.1) is 0 Å². The molecule has 0 bridgehead atoms. The van der Waals surface area contributed by atoms with E-state index in [1.54, 1.807) is 19.2 Å². The van der Waals surface area contributed by atoms with Gasteiger partial charge in [0.25, 0.3) is 0 Å². The van der Waals surface area contributed by atoms with Gasteiger partial charge in [0.05, 0.1) is 35.8 Å². The summed E-state index contributed by atoms with van der Waals surface area (Å²) in [4.78, 5) is 22.0. The molecule has 2 aromatic heterocycles. The van der Waals surface area contributed by atoms with Crippen LogP contribution in [-0.4, -0.2) is 34.2 Å². The Labute approximate surface area is 172 Å². The van der Waals surface area contributed by atoms with Crippen LogP contribution in [0.1, 0.15) is 10.4 Å². The van der Waals surface area contributed by atoms with Crippen molar-refractivity contribution < 1.29 is 14.3 Å². The Kier molecular flexibility index (Phi) is 4.52. The maximum atomic E-state index is 12.3. The van der Waals surface area contributed by atoms with Crippen LogP contribution in [0.2, 0.25) is 0 Å². The minimum atomic E-state index is -0.338. The average Bonchev–Trinajstić information content (AvgIpc) is 3.10. The fraction of sp³-hybridized carbons (Fsp3) is 0.125. The summed E-state index contributed by atoms with van der Waals surface area (Å²) in [5.74, 6) is 0.418. The maximum absolute atomic E-state index is 12.3. The number of carbonyl (C=O) groups excluding carboxylic acids is 1. The van der Waals surface area contributed by atoms with Crippen LogP contribution >= 0.6 is 0 Å². The quantitative estimate of drug-likeness (QED) is 0.406. The van der Waals surface area contributed by atoms with E-state index in [0.717, 1.165) is 38.8 Å². The molecular weight excluding hydrogens is 378 g/mol. The van der Waals surface area contributed by atoms with Crippen molar-refractivity contribution in [2.75, 3.05) is 13.7 Å². The lowest BCUT2D eigenvalue weighted by atomic mass is 10.2. The molecule has 0 N–H and O–H groups in total. The molecule has 6 heteroatoms. The highest BCUT2D eigenvalue weighted by atomic mass is 16.5. The predicted molar refractivity (Wildman–Crippen MR) is 116 cm³/mol. The molecule has 148 valence electrons. The van der Waals surface area contributed by atoms with Gasteiger partial charge in [-0.3, -0.25) is 0 Å². The zero-order valence-corrected chi connectivity index (χ0v) is 16.4. The third-order valence-corrected chi connectivity index (χ3v) is 5.11. The Morgan fingerprint density at radius 2 is 1.67 bits per heavy atom. The Morgan fingerprint density at radius 1 is 0.933 bits per heavy atom. The number of rotatable bonds is 5. The average molecular weight is 397 g/mol. The van der Waals surface area contributed by atoms with Crippen molar-refractivity contribution in [2.45, 2.75) is 6.54 Å². The number of nitrogens with zero attached hydrogens (tertiary/aromatic N) is 3. The van der Waals surface area contributed by atoms with Gasteiger partial charge < -0.3 is 14.0 Å². The van der Waals surface area contributed by atoms with E-state index in [9.17, 15) is 4.79 Å². The van der Waals surface area contributed by atoms with Crippen molar-refractivity contribution in [3.63, 3.8) is 0 Å². The summed E-state index contributed by atoms with van der Waals surface area (Å²) in [6, 6.07) is 22.6. The van der Waals surface area contributed by atoms with Crippen LogP contribution < -0.4 is 4.74 Å². The van der Waals surface area contributed by atoms with Gasteiger partial charge in [-0.25, -0.2) is 14.8 Å². The molecule has 0 radical (unpaired) electrons. The maximum Gasteiger partial charge on any atom is 0.338 e. The van der Waals surface area contributed by atoms with E-state index in [1.807, 2.05) is 65.2 Å². The highest BCUT2D eigenvalue weighted by Gasteiger charge is 2.16. The van der Waals surface area contributed by atoms with Crippen molar-refractivity contribution in [1.82, 2.24) is 14.5 Å². The van der Waals surface area contributed by atoms with Gasteiger partial charge in [-0.1, -0.05) is 30.3 Å². The molecule has 0 fully saturated rings. The molecule has 0 saturated carbocycles. The summed E-state index contributed by atoms with van der Waals surface area (Å²) in [6.45, 7) is 0.699. The molecule has 6 nitrogen and oxygen atoms in total. The van der Waals surface area contributed by atoms with Crippen molar-refractivity contribution in [1.29, 1.82) is 0 Å². The minimum Gasteiger partial charge on any atom is -0.497 e. The van der Waals surface area contributed by atoms with Crippen LogP contribution in [0.5, 0.6) is 5.75 Å². The number of methoxy groups -OCH3 is 1. The van der Waals surface area contributed by atoms with Gasteiger partial charge in [-0.15, -0.1) is 0 Å². The largest absolute Gasteiger partial charge is 0.497 e. The van der Waals surface area contributed by atoms with E-state index in [-0.39, 0.29) is 12.6 Å². The number of para-hydroxylation sites is 2. The summed E-state index contributed by atoms with van der Waals surface area (Å²) < 4.78 is 12.9. The van der Waals surface area contributed by atoms with E-state index >= 15 is 0 Å². The molecule has 0 aliphatic rings. The highest BCUT2D eigenvalue weighted by molar-refractivity contribution is 6.07. The number of aromatic nitrogens is 3. The lowest BCUT2D eigenvalue weighted by Crippen LogP contribution is -2.11. The third kappa shape index (κ3) is 3.12. The molecule has 0 amide bonds. The fourth-order valence-corrected chi connectivity index (χ4v) is 3.65. The van der Waals surface area contributed by atoms with Crippen molar-refractivity contribution >= 4 is 39.1 Å². The second kappa shape index (κ2) is 7.48. The zero-order chi connectivity index (χ0) is 20.5. The van der Waals surface area contributed by atoms with Crippen LogP contribution in [0.25, 0.3) is 33.1 Å². The van der Waals surface area contributed by atoms with Gasteiger partial charge >= 0.3 is 5.97 Å². The molecule has 30 heavy (non-hydrogen) atoms. The first kappa shape index (κ1) is 18.1. The first-order valence-corrected chi connectivity index (χ1v) is 9.69. The number of esters is 1. The van der Waals surface area contributed by atoms with Gasteiger partial charge in [0, 0.05) is 5.39 Å². The monoisotopic (exact) mass is 397 g/mol. The lowest BCUT2D eigenvalue weighted by molar-refractivity contribution is 0.0493. The highest BCUT2D eigenvalue weighted by Crippen LogP contribution is 2.31. The van der Waals surface area contributed by atoms with Gasteiger partial charge in [-0.2, -0.15) is 0 Å². The third-order valence-electron chi connectivity index (χ3n) is 5.11. The molecule has 0 saturated heterocycles. The van der Waals surface area contributed by atoms with E-state index < -0.39 is 0 Å². The Bertz CT molecular complexity index is 1380. The first-order chi connectivity index (χ1) is 14.7. The molecule has 0 atom stereocenters. The van der Waals surface area contributed by atoms with Crippen LogP contribution in [-0.2, 0) is 11.3 Å². The molecule has 5 aromatic rings. The van der Waals surface area contributed by atoms with Crippen molar-refractivity contribution in [2.24, 2.45) is 0 Å². The summed E-state index contributed by atoms with van der Waals surface area (Å²) in [5.41, 5.74) is 4.72. The van der Waals surface area contributed by atoms with Gasteiger partial charge in [0.1, 0.15) is 17.9 Å². The normalized spacial score (nSPS) is 11.2. The molecular formula is C24H19N3O3. The number of ether oxygens (including phenoxy) is 2. The number of benzene rings is 3. The van der Waals surface area contributed by atoms with E-state index in [1.165, 1.54) is 0 Å². The van der Waals surface area contributed by atoms with Crippen LogP contribution in [0.3, 0.4) is 0 Å². The van der Waals surface area contributed by atoms with Gasteiger partial charge in [0.15, 0.2) is 5.65 Å². The van der Waals surface area contributed by atoms with E-state index in [2.05, 4.69) is 0 Å². The topological polar surface area (TPSA) is 66.2 Å². The summed E-state index contributed by atoms with van der Waals surface area (Å²) in [7, 11) is 1.64. The second-order valence-corrected chi connectivity index (χ2v) is 6.92. The van der Waals surface area contributed by atoms with Crippen LogP contribution in [0.15, 0.2) is 72.8 Å². The van der Waals surface area contributed by atoms with E-state index in [0.29, 0.717) is 12.1 Å². The van der Waals surface area contributed by atoms with Gasteiger partial charge in [0.2, 0.25) is 0 Å². The Balaban J connectivity index is 1.55. The van der Waals surface area contributed by atoms with Crippen LogP contribution in [0.4, 0.5) is 0 Å². The molecule has 0 unspecified atom stereocenters. The second-order valence-electron chi connectivity index (χ2n) is 6.92. The predicted octanol–water partition coefficient (Wildman–Crippen LogP) is 4.60. The molecule has 5 rings (SSSR count). The molecule has 0 spiro atoms. The van der Waals surface area contributed by atoms with Crippen molar-refractivity contribution in [3.8, 4) is 5.75 Å². The first-order valence-electron chi connectivity index (χ1n) is 9.69. The SMILES string of the molecule is COc1ccc2c(c1)c1nc3ccccc3nc1n2CCOC(=O)c1ccccc1. The summed E-state index contributed by atoms with van der Waals surface area (Å²) >= 11 is 0. The smallest absolute Gasteiger partial charge is 0.338 e. The lowest BCUT2D eigenvalue weighted by Gasteiger charge is -2.09.